The third kappa shape index (κ3) is 3.07. The molecule has 4 nitrogen and oxygen atoms in total. The number of rotatable bonds is 2. The summed E-state index contributed by atoms with van der Waals surface area (Å²) in [5.41, 5.74) is 5.40. The van der Waals surface area contributed by atoms with E-state index >= 15 is 0 Å². The monoisotopic (exact) mass is 226 g/mol. The molecule has 0 saturated carbocycles. The number of halogens is 3. The van der Waals surface area contributed by atoms with Crippen molar-refractivity contribution in [1.29, 1.82) is 0 Å². The summed E-state index contributed by atoms with van der Waals surface area (Å²) in [4.78, 5) is 12.3. The molecule has 3 N–H and O–H groups in total. The van der Waals surface area contributed by atoms with E-state index in [0.29, 0.717) is 12.8 Å². The summed E-state index contributed by atoms with van der Waals surface area (Å²) in [6.45, 7) is -0.504. The molecule has 0 aromatic heterocycles. The Morgan fingerprint density at radius 3 is 2.73 bits per heavy atom. The lowest BCUT2D eigenvalue weighted by Gasteiger charge is -2.32. The molecule has 1 fully saturated rings. The number of carbonyl (C=O) groups excluding carboxylic acids is 1. The molecule has 0 aromatic carbocycles. The van der Waals surface area contributed by atoms with Gasteiger partial charge in [-0.2, -0.15) is 13.2 Å². The lowest BCUT2D eigenvalue weighted by Crippen LogP contribution is -2.52. The lowest BCUT2D eigenvalue weighted by molar-refractivity contribution is -0.208. The van der Waals surface area contributed by atoms with Gasteiger partial charge in [-0.25, -0.2) is 0 Å². The molecular formula is C8H13F3N2O2. The average Bonchev–Trinajstić information content (AvgIpc) is 2.11. The molecule has 88 valence electrons. The zero-order valence-electron chi connectivity index (χ0n) is 8.00. The van der Waals surface area contributed by atoms with Crippen molar-refractivity contribution in [3.63, 3.8) is 0 Å². The second-order valence-electron chi connectivity index (χ2n) is 3.59. The Kier molecular flexibility index (Phi) is 3.56. The largest absolute Gasteiger partial charge is 0.416 e. The van der Waals surface area contributed by atoms with Gasteiger partial charge in [-0.15, -0.1) is 0 Å². The minimum Gasteiger partial charge on any atom is -0.382 e. The second kappa shape index (κ2) is 4.36. The van der Waals surface area contributed by atoms with Crippen LogP contribution in [0.3, 0.4) is 0 Å². The predicted octanol–water partition coefficient (Wildman–Crippen LogP) is -0.141. The fourth-order valence-corrected chi connectivity index (χ4v) is 1.46. The van der Waals surface area contributed by atoms with E-state index in [2.05, 4.69) is 0 Å². The predicted molar refractivity (Wildman–Crippen MR) is 45.9 cm³/mol. The summed E-state index contributed by atoms with van der Waals surface area (Å²) < 4.78 is 36.0. The maximum absolute atomic E-state index is 12.0. The minimum absolute atomic E-state index is 0.222. The number of amides is 1. The van der Waals surface area contributed by atoms with E-state index in [0.717, 1.165) is 4.90 Å². The molecule has 1 amide bonds. The third-order valence-corrected chi connectivity index (χ3v) is 2.34. The fourth-order valence-electron chi connectivity index (χ4n) is 1.46. The van der Waals surface area contributed by atoms with E-state index in [1.165, 1.54) is 0 Å². The minimum atomic E-state index is -4.69. The Balaban J connectivity index is 2.54. The van der Waals surface area contributed by atoms with Gasteiger partial charge in [0.1, 0.15) is 0 Å². The summed E-state index contributed by atoms with van der Waals surface area (Å²) in [5, 5.41) is 8.78. The molecule has 1 rings (SSSR count). The van der Waals surface area contributed by atoms with Crippen LogP contribution in [0.15, 0.2) is 0 Å². The quantitative estimate of drug-likeness (QED) is 0.688. The SMILES string of the molecule is NC1CCCN(CC(O)C(F)(F)F)C1=O. The second-order valence-corrected chi connectivity index (χ2v) is 3.59. The summed E-state index contributed by atoms with van der Waals surface area (Å²) in [5.74, 6) is -0.524. The Morgan fingerprint density at radius 1 is 1.60 bits per heavy atom. The van der Waals surface area contributed by atoms with Gasteiger partial charge < -0.3 is 15.7 Å². The smallest absolute Gasteiger partial charge is 0.382 e. The van der Waals surface area contributed by atoms with Crippen molar-refractivity contribution < 1.29 is 23.1 Å². The van der Waals surface area contributed by atoms with Crippen molar-refractivity contribution in [2.24, 2.45) is 5.73 Å². The van der Waals surface area contributed by atoms with E-state index < -0.39 is 30.8 Å². The first kappa shape index (κ1) is 12.3. The van der Waals surface area contributed by atoms with Crippen LogP contribution in [0.4, 0.5) is 13.2 Å². The van der Waals surface area contributed by atoms with Gasteiger partial charge in [0.2, 0.25) is 5.91 Å². The van der Waals surface area contributed by atoms with Crippen LogP contribution in [0.1, 0.15) is 12.8 Å². The van der Waals surface area contributed by atoms with Crippen molar-refractivity contribution in [1.82, 2.24) is 4.90 Å². The van der Waals surface area contributed by atoms with Gasteiger partial charge >= 0.3 is 6.18 Å². The van der Waals surface area contributed by atoms with Crippen molar-refractivity contribution in [2.75, 3.05) is 13.1 Å². The molecule has 1 aliphatic heterocycles. The van der Waals surface area contributed by atoms with Gasteiger partial charge in [0.05, 0.1) is 12.6 Å². The number of piperidine rings is 1. The van der Waals surface area contributed by atoms with Crippen LogP contribution in [0.2, 0.25) is 0 Å². The van der Waals surface area contributed by atoms with Crippen molar-refractivity contribution >= 4 is 5.91 Å². The van der Waals surface area contributed by atoms with Crippen molar-refractivity contribution in [3.05, 3.63) is 0 Å². The standard InChI is InChI=1S/C8H13F3N2O2/c9-8(10,11)6(14)4-13-3-1-2-5(12)7(13)15/h5-6,14H,1-4,12H2. The number of likely N-dealkylation sites (tertiary alicyclic amines) is 1. The Morgan fingerprint density at radius 2 is 2.20 bits per heavy atom. The van der Waals surface area contributed by atoms with E-state index in [-0.39, 0.29) is 6.54 Å². The summed E-state index contributed by atoms with van der Waals surface area (Å²) in [6.07, 6.45) is -6.14. The first-order valence-corrected chi connectivity index (χ1v) is 4.61. The molecule has 0 spiro atoms. The van der Waals surface area contributed by atoms with E-state index in [1.807, 2.05) is 0 Å². The van der Waals surface area contributed by atoms with E-state index in [9.17, 15) is 18.0 Å². The van der Waals surface area contributed by atoms with Crippen LogP contribution < -0.4 is 5.73 Å². The number of nitrogens with two attached hydrogens (primary N) is 1. The average molecular weight is 226 g/mol. The topological polar surface area (TPSA) is 66.6 Å². The normalized spacial score (nSPS) is 25.5. The number of hydrogen-bond acceptors (Lipinski definition) is 3. The molecule has 7 heteroatoms. The maximum Gasteiger partial charge on any atom is 0.416 e. The number of aliphatic hydroxyl groups is 1. The van der Waals surface area contributed by atoms with Crippen LogP contribution in [0.5, 0.6) is 0 Å². The third-order valence-electron chi connectivity index (χ3n) is 2.34. The number of carbonyl (C=O) groups is 1. The van der Waals surface area contributed by atoms with Crippen molar-refractivity contribution in [3.8, 4) is 0 Å². The Hall–Kier alpha value is -0.820. The molecule has 2 atom stereocenters. The molecule has 1 saturated heterocycles. The molecular weight excluding hydrogens is 213 g/mol. The first-order chi connectivity index (χ1) is 6.82. The molecule has 0 radical (unpaired) electrons. The molecule has 0 aliphatic carbocycles. The Bertz CT molecular complexity index is 245. The van der Waals surface area contributed by atoms with Gasteiger partial charge in [0.25, 0.3) is 0 Å². The number of alkyl halides is 3. The van der Waals surface area contributed by atoms with Crippen molar-refractivity contribution in [2.45, 2.75) is 31.2 Å². The van der Waals surface area contributed by atoms with Crippen LogP contribution >= 0.6 is 0 Å². The number of hydrogen-bond donors (Lipinski definition) is 2. The molecule has 1 heterocycles. The summed E-state index contributed by atoms with van der Waals surface area (Å²) >= 11 is 0. The highest BCUT2D eigenvalue weighted by atomic mass is 19.4. The molecule has 2 unspecified atom stereocenters. The van der Waals surface area contributed by atoms with Crippen LogP contribution in [0, 0.1) is 0 Å². The highest BCUT2D eigenvalue weighted by Gasteiger charge is 2.40. The number of β-amino-alcohol motifs (C(OH)–C–C–N with tert-alkyl or cyclic N) is 1. The fraction of sp³-hybridized carbons (Fsp3) is 0.875. The zero-order chi connectivity index (χ0) is 11.6. The van der Waals surface area contributed by atoms with Crippen LogP contribution in [0.25, 0.3) is 0 Å². The highest BCUT2D eigenvalue weighted by molar-refractivity contribution is 5.82. The van der Waals surface area contributed by atoms with Crippen LogP contribution in [-0.4, -0.2) is 47.3 Å². The van der Waals surface area contributed by atoms with Gasteiger partial charge in [-0.1, -0.05) is 0 Å². The molecule has 15 heavy (non-hydrogen) atoms. The highest BCUT2D eigenvalue weighted by Crippen LogP contribution is 2.22. The zero-order valence-corrected chi connectivity index (χ0v) is 8.00. The summed E-state index contributed by atoms with van der Waals surface area (Å²) in [6, 6.07) is -0.737. The van der Waals surface area contributed by atoms with E-state index in [1.54, 1.807) is 0 Å². The Labute approximate surface area is 84.8 Å². The maximum atomic E-state index is 12.0. The summed E-state index contributed by atoms with van der Waals surface area (Å²) in [7, 11) is 0. The van der Waals surface area contributed by atoms with Crippen LogP contribution in [-0.2, 0) is 4.79 Å². The van der Waals surface area contributed by atoms with Gasteiger partial charge in [-0.3, -0.25) is 4.79 Å². The van der Waals surface area contributed by atoms with Gasteiger partial charge in [0.15, 0.2) is 6.10 Å². The first-order valence-electron chi connectivity index (χ1n) is 4.61. The molecule has 0 aromatic rings. The van der Waals surface area contributed by atoms with Gasteiger partial charge in [-0.05, 0) is 12.8 Å². The number of nitrogens with zero attached hydrogens (tertiary/aromatic N) is 1. The number of aliphatic hydroxyl groups excluding tert-OH is 1. The van der Waals surface area contributed by atoms with Gasteiger partial charge in [0, 0.05) is 6.54 Å². The molecule has 1 aliphatic rings. The van der Waals surface area contributed by atoms with E-state index in [4.69, 9.17) is 10.8 Å². The molecule has 0 bridgehead atoms. The lowest BCUT2D eigenvalue weighted by atomic mass is 10.1.